The van der Waals surface area contributed by atoms with Gasteiger partial charge in [-0.1, -0.05) is 45.4 Å². The summed E-state index contributed by atoms with van der Waals surface area (Å²) in [5.41, 5.74) is 3.59. The van der Waals surface area contributed by atoms with E-state index >= 15 is 0 Å². The van der Waals surface area contributed by atoms with Gasteiger partial charge in [-0.3, -0.25) is 0 Å². The van der Waals surface area contributed by atoms with Crippen molar-refractivity contribution in [3.63, 3.8) is 0 Å². The SMILES string of the molecule is CCCc1cc(-c2cc(F)ccc2F)ccc1C(C)C. The lowest BCUT2D eigenvalue weighted by Gasteiger charge is -2.14. The van der Waals surface area contributed by atoms with Gasteiger partial charge >= 0.3 is 0 Å². The minimum Gasteiger partial charge on any atom is -0.207 e. The van der Waals surface area contributed by atoms with Crippen LogP contribution in [0.5, 0.6) is 0 Å². The Bertz CT molecular complexity index is 600. The highest BCUT2D eigenvalue weighted by Crippen LogP contribution is 2.29. The molecule has 0 aromatic heterocycles. The average molecular weight is 274 g/mol. The van der Waals surface area contributed by atoms with E-state index in [1.165, 1.54) is 23.3 Å². The highest BCUT2D eigenvalue weighted by Gasteiger charge is 2.11. The third-order valence-electron chi connectivity index (χ3n) is 3.52. The molecule has 0 unspecified atom stereocenters. The van der Waals surface area contributed by atoms with E-state index in [0.29, 0.717) is 11.5 Å². The average Bonchev–Trinajstić information content (AvgIpc) is 2.41. The van der Waals surface area contributed by atoms with Crippen molar-refractivity contribution in [1.82, 2.24) is 0 Å². The number of rotatable bonds is 4. The van der Waals surface area contributed by atoms with Gasteiger partial charge in [0.25, 0.3) is 0 Å². The summed E-state index contributed by atoms with van der Waals surface area (Å²) in [4.78, 5) is 0. The number of aryl methyl sites for hydroxylation is 1. The van der Waals surface area contributed by atoms with Crippen LogP contribution in [0.4, 0.5) is 8.78 Å². The molecule has 0 heterocycles. The van der Waals surface area contributed by atoms with Crippen LogP contribution in [-0.4, -0.2) is 0 Å². The van der Waals surface area contributed by atoms with Crippen LogP contribution in [0.15, 0.2) is 36.4 Å². The molecular formula is C18H20F2. The first-order chi connectivity index (χ1) is 9.52. The Labute approximate surface area is 119 Å². The molecule has 0 atom stereocenters. The Morgan fingerprint density at radius 1 is 1.00 bits per heavy atom. The van der Waals surface area contributed by atoms with Crippen molar-refractivity contribution < 1.29 is 8.78 Å². The topological polar surface area (TPSA) is 0 Å². The number of hydrogen-bond acceptors (Lipinski definition) is 0. The molecule has 0 amide bonds. The molecule has 0 bridgehead atoms. The van der Waals surface area contributed by atoms with E-state index in [1.807, 2.05) is 18.2 Å². The normalized spacial score (nSPS) is 11.1. The van der Waals surface area contributed by atoms with E-state index in [9.17, 15) is 8.78 Å². The maximum absolute atomic E-state index is 13.9. The summed E-state index contributed by atoms with van der Waals surface area (Å²) < 4.78 is 27.2. The van der Waals surface area contributed by atoms with Crippen LogP contribution < -0.4 is 0 Å². The molecule has 2 aromatic rings. The molecule has 2 aromatic carbocycles. The lowest BCUT2D eigenvalue weighted by Crippen LogP contribution is -1.97. The van der Waals surface area contributed by atoms with Crippen LogP contribution in [0, 0.1) is 11.6 Å². The van der Waals surface area contributed by atoms with Crippen molar-refractivity contribution in [2.24, 2.45) is 0 Å². The largest absolute Gasteiger partial charge is 0.207 e. The lowest BCUT2D eigenvalue weighted by molar-refractivity contribution is 0.603. The van der Waals surface area contributed by atoms with Gasteiger partial charge in [-0.05, 0) is 47.2 Å². The molecule has 106 valence electrons. The maximum atomic E-state index is 13.9. The van der Waals surface area contributed by atoms with Crippen molar-refractivity contribution >= 4 is 0 Å². The minimum absolute atomic E-state index is 0.331. The monoisotopic (exact) mass is 274 g/mol. The summed E-state index contributed by atoms with van der Waals surface area (Å²) in [5.74, 6) is -0.361. The molecule has 0 aliphatic carbocycles. The summed E-state index contributed by atoms with van der Waals surface area (Å²) in [7, 11) is 0. The Morgan fingerprint density at radius 3 is 2.40 bits per heavy atom. The lowest BCUT2D eigenvalue weighted by atomic mass is 9.91. The second-order valence-electron chi connectivity index (χ2n) is 5.44. The van der Waals surface area contributed by atoms with Gasteiger partial charge in [-0.2, -0.15) is 0 Å². The minimum atomic E-state index is -0.411. The first-order valence-corrected chi connectivity index (χ1v) is 7.11. The van der Waals surface area contributed by atoms with Gasteiger partial charge in [0, 0.05) is 5.56 Å². The first kappa shape index (κ1) is 14.7. The Balaban J connectivity index is 2.52. The Kier molecular flexibility index (Phi) is 4.53. The van der Waals surface area contributed by atoms with E-state index in [-0.39, 0.29) is 5.82 Å². The van der Waals surface area contributed by atoms with E-state index < -0.39 is 5.82 Å². The van der Waals surface area contributed by atoms with Gasteiger partial charge in [-0.25, -0.2) is 8.78 Å². The summed E-state index contributed by atoms with van der Waals surface area (Å²) in [6.45, 7) is 6.42. The van der Waals surface area contributed by atoms with Gasteiger partial charge in [-0.15, -0.1) is 0 Å². The fourth-order valence-corrected chi connectivity index (χ4v) is 2.54. The standard InChI is InChI=1S/C18H20F2/c1-4-5-13-10-14(6-8-16(13)12(2)3)17-11-15(19)7-9-18(17)20/h6-12H,4-5H2,1-3H3. The van der Waals surface area contributed by atoms with E-state index in [4.69, 9.17) is 0 Å². The molecule has 2 rings (SSSR count). The third-order valence-corrected chi connectivity index (χ3v) is 3.52. The Hall–Kier alpha value is -1.70. The molecule has 20 heavy (non-hydrogen) atoms. The molecule has 0 aliphatic heterocycles. The van der Waals surface area contributed by atoms with Crippen molar-refractivity contribution in [2.75, 3.05) is 0 Å². The summed E-state index contributed by atoms with van der Waals surface area (Å²) in [5, 5.41) is 0. The molecule has 2 heteroatoms. The van der Waals surface area contributed by atoms with E-state index in [1.54, 1.807) is 0 Å². The van der Waals surface area contributed by atoms with Crippen LogP contribution in [0.25, 0.3) is 11.1 Å². The Morgan fingerprint density at radius 2 is 1.75 bits per heavy atom. The number of halogens is 2. The van der Waals surface area contributed by atoms with Crippen LogP contribution in [0.2, 0.25) is 0 Å². The van der Waals surface area contributed by atoms with Gasteiger partial charge < -0.3 is 0 Å². The van der Waals surface area contributed by atoms with E-state index in [2.05, 4.69) is 20.8 Å². The second kappa shape index (κ2) is 6.17. The molecule has 0 saturated heterocycles. The van der Waals surface area contributed by atoms with Crippen LogP contribution in [0.3, 0.4) is 0 Å². The summed E-state index contributed by atoms with van der Waals surface area (Å²) in [6, 6.07) is 9.50. The molecular weight excluding hydrogens is 254 g/mol. The van der Waals surface area contributed by atoms with Crippen molar-refractivity contribution in [2.45, 2.75) is 39.5 Å². The number of benzene rings is 2. The van der Waals surface area contributed by atoms with Crippen molar-refractivity contribution in [3.8, 4) is 11.1 Å². The number of hydrogen-bond donors (Lipinski definition) is 0. The zero-order valence-corrected chi connectivity index (χ0v) is 12.2. The highest BCUT2D eigenvalue weighted by atomic mass is 19.1. The maximum Gasteiger partial charge on any atom is 0.131 e. The fourth-order valence-electron chi connectivity index (χ4n) is 2.54. The van der Waals surface area contributed by atoms with Gasteiger partial charge in [0.15, 0.2) is 0 Å². The predicted octanol–water partition coefficient (Wildman–Crippen LogP) is 5.71. The van der Waals surface area contributed by atoms with Gasteiger partial charge in [0.05, 0.1) is 0 Å². The molecule has 0 fully saturated rings. The van der Waals surface area contributed by atoms with Crippen LogP contribution >= 0.6 is 0 Å². The zero-order chi connectivity index (χ0) is 14.7. The molecule has 0 radical (unpaired) electrons. The highest BCUT2D eigenvalue weighted by molar-refractivity contribution is 5.66. The zero-order valence-electron chi connectivity index (χ0n) is 12.2. The van der Waals surface area contributed by atoms with E-state index in [0.717, 1.165) is 24.5 Å². The third kappa shape index (κ3) is 3.06. The molecule has 0 N–H and O–H groups in total. The predicted molar refractivity (Wildman–Crippen MR) is 79.9 cm³/mol. The van der Waals surface area contributed by atoms with Crippen LogP contribution in [-0.2, 0) is 6.42 Å². The fraction of sp³-hybridized carbons (Fsp3) is 0.333. The molecule has 0 saturated carbocycles. The summed E-state index contributed by atoms with van der Waals surface area (Å²) in [6.07, 6.45) is 1.99. The smallest absolute Gasteiger partial charge is 0.131 e. The van der Waals surface area contributed by atoms with Crippen LogP contribution in [0.1, 0.15) is 44.2 Å². The summed E-state index contributed by atoms with van der Waals surface area (Å²) >= 11 is 0. The first-order valence-electron chi connectivity index (χ1n) is 7.11. The molecule has 0 spiro atoms. The quantitative estimate of drug-likeness (QED) is 0.670. The van der Waals surface area contributed by atoms with Gasteiger partial charge in [0.1, 0.15) is 11.6 Å². The van der Waals surface area contributed by atoms with Crippen molar-refractivity contribution in [1.29, 1.82) is 0 Å². The molecule has 0 aliphatic rings. The van der Waals surface area contributed by atoms with Crippen molar-refractivity contribution in [3.05, 3.63) is 59.2 Å². The molecule has 0 nitrogen and oxygen atoms in total. The second-order valence-corrected chi connectivity index (χ2v) is 5.44. The van der Waals surface area contributed by atoms with Gasteiger partial charge in [0.2, 0.25) is 0 Å².